The van der Waals surface area contributed by atoms with Gasteiger partial charge in [0.1, 0.15) is 26.6 Å². The Hall–Kier alpha value is -0.993. The number of epoxide rings is 1. The van der Waals surface area contributed by atoms with Crippen LogP contribution in [-0.4, -0.2) is 51.9 Å². The SMILES string of the molecule is CC[C@@]1(c2cc([Si](C)(C)C)nc(OC)c2COCOC)O[C@H]1CO. The van der Waals surface area contributed by atoms with Gasteiger partial charge < -0.3 is 24.1 Å². The van der Waals surface area contributed by atoms with E-state index in [-0.39, 0.29) is 19.5 Å². The average Bonchev–Trinajstić information content (AvgIpc) is 3.28. The van der Waals surface area contributed by atoms with Crippen LogP contribution in [0.3, 0.4) is 0 Å². The average molecular weight is 356 g/mol. The van der Waals surface area contributed by atoms with Gasteiger partial charge in [-0.25, -0.2) is 4.98 Å². The number of hydrogen-bond acceptors (Lipinski definition) is 6. The summed E-state index contributed by atoms with van der Waals surface area (Å²) >= 11 is 0. The maximum absolute atomic E-state index is 9.58. The Morgan fingerprint density at radius 3 is 2.50 bits per heavy atom. The Morgan fingerprint density at radius 2 is 2.04 bits per heavy atom. The molecule has 1 aromatic rings. The molecule has 1 saturated heterocycles. The van der Waals surface area contributed by atoms with Crippen LogP contribution in [0.5, 0.6) is 5.88 Å². The summed E-state index contributed by atoms with van der Waals surface area (Å²) in [4.78, 5) is 4.73. The highest BCUT2D eigenvalue weighted by Gasteiger charge is 2.57. The highest BCUT2D eigenvalue weighted by molar-refractivity contribution is 6.88. The van der Waals surface area contributed by atoms with Gasteiger partial charge in [-0.2, -0.15) is 0 Å². The number of aliphatic hydroxyl groups excluding tert-OH is 1. The first kappa shape index (κ1) is 19.3. The van der Waals surface area contributed by atoms with Crippen molar-refractivity contribution in [2.75, 3.05) is 27.6 Å². The summed E-state index contributed by atoms with van der Waals surface area (Å²) in [6.07, 6.45) is 0.582. The third kappa shape index (κ3) is 3.65. The van der Waals surface area contributed by atoms with Gasteiger partial charge in [0.2, 0.25) is 5.88 Å². The second-order valence-electron chi connectivity index (χ2n) is 7.08. The van der Waals surface area contributed by atoms with E-state index in [0.717, 1.165) is 22.9 Å². The highest BCUT2D eigenvalue weighted by Crippen LogP contribution is 2.50. The molecular formula is C17H29NO5Si. The number of pyridine rings is 1. The fourth-order valence-corrected chi connectivity index (χ4v) is 4.00. The van der Waals surface area contributed by atoms with Crippen molar-refractivity contribution < 1.29 is 24.1 Å². The molecule has 7 heteroatoms. The standard InChI is InChI=1S/C17H29NO5Si/c1-7-17(14(9-19)23-17)13-8-15(24(4,5)6)18-16(21-3)12(13)10-22-11-20-2/h8,14,19H,7,9-11H2,1-6H3/t14-,17-/m0/s1. The van der Waals surface area contributed by atoms with Gasteiger partial charge >= 0.3 is 0 Å². The Kier molecular flexibility index (Phi) is 6.03. The maximum Gasteiger partial charge on any atom is 0.218 e. The molecule has 2 heterocycles. The smallest absolute Gasteiger partial charge is 0.218 e. The molecule has 1 N–H and O–H groups in total. The molecule has 1 aromatic heterocycles. The largest absolute Gasteiger partial charge is 0.481 e. The van der Waals surface area contributed by atoms with Crippen molar-refractivity contribution in [1.82, 2.24) is 4.98 Å². The minimum atomic E-state index is -1.64. The van der Waals surface area contributed by atoms with Gasteiger partial charge in [-0.15, -0.1) is 0 Å². The van der Waals surface area contributed by atoms with Gasteiger partial charge in [0.05, 0.1) is 20.3 Å². The quantitative estimate of drug-likeness (QED) is 0.315. The third-order valence-corrected chi connectivity index (χ3v) is 6.25. The lowest BCUT2D eigenvalue weighted by Gasteiger charge is -2.23. The van der Waals surface area contributed by atoms with Crippen molar-refractivity contribution in [1.29, 1.82) is 0 Å². The molecule has 0 radical (unpaired) electrons. The number of rotatable bonds is 9. The number of ether oxygens (including phenoxy) is 4. The van der Waals surface area contributed by atoms with Crippen molar-refractivity contribution in [2.24, 2.45) is 0 Å². The van der Waals surface area contributed by atoms with Crippen molar-refractivity contribution >= 4 is 13.4 Å². The predicted molar refractivity (Wildman–Crippen MR) is 94.4 cm³/mol. The van der Waals surface area contributed by atoms with Crippen LogP contribution in [0.1, 0.15) is 24.5 Å². The first-order valence-corrected chi connectivity index (χ1v) is 11.8. The number of aliphatic hydroxyl groups is 1. The van der Waals surface area contributed by atoms with E-state index in [4.69, 9.17) is 23.9 Å². The van der Waals surface area contributed by atoms with Gasteiger partial charge in [0.15, 0.2) is 0 Å². The lowest BCUT2D eigenvalue weighted by atomic mass is 9.90. The van der Waals surface area contributed by atoms with Gasteiger partial charge in [0.25, 0.3) is 0 Å². The van der Waals surface area contributed by atoms with Crippen LogP contribution in [0.4, 0.5) is 0 Å². The molecule has 0 aliphatic carbocycles. The summed E-state index contributed by atoms with van der Waals surface area (Å²) in [6, 6.07) is 2.12. The zero-order valence-corrected chi connectivity index (χ0v) is 16.5. The number of hydrogen-bond donors (Lipinski definition) is 1. The summed E-state index contributed by atoms with van der Waals surface area (Å²) in [5.41, 5.74) is 1.41. The van der Waals surface area contributed by atoms with Gasteiger partial charge in [-0.1, -0.05) is 26.6 Å². The maximum atomic E-state index is 9.58. The third-order valence-electron chi connectivity index (χ3n) is 4.46. The Morgan fingerprint density at radius 1 is 1.33 bits per heavy atom. The molecule has 0 saturated carbocycles. The molecule has 0 unspecified atom stereocenters. The van der Waals surface area contributed by atoms with Crippen LogP contribution in [0.2, 0.25) is 19.6 Å². The fraction of sp³-hybridized carbons (Fsp3) is 0.706. The van der Waals surface area contributed by atoms with Crippen LogP contribution < -0.4 is 10.1 Å². The number of aromatic nitrogens is 1. The normalized spacial score (nSPS) is 23.4. The second-order valence-corrected chi connectivity index (χ2v) is 12.1. The molecule has 1 aliphatic rings. The molecule has 0 spiro atoms. The first-order chi connectivity index (χ1) is 11.3. The molecule has 0 bridgehead atoms. The molecule has 0 aromatic carbocycles. The van der Waals surface area contributed by atoms with Gasteiger partial charge in [0, 0.05) is 18.0 Å². The zero-order valence-electron chi connectivity index (χ0n) is 15.5. The number of methoxy groups -OCH3 is 2. The topological polar surface area (TPSA) is 73.3 Å². The van der Waals surface area contributed by atoms with E-state index < -0.39 is 13.7 Å². The van der Waals surface area contributed by atoms with E-state index in [2.05, 4.69) is 32.6 Å². The fourth-order valence-electron chi connectivity index (χ4n) is 2.99. The summed E-state index contributed by atoms with van der Waals surface area (Å²) < 4.78 is 22.0. The minimum absolute atomic E-state index is 0.000867. The van der Waals surface area contributed by atoms with E-state index >= 15 is 0 Å². The molecular weight excluding hydrogens is 326 g/mol. The molecule has 136 valence electrons. The van der Waals surface area contributed by atoms with E-state index in [0.29, 0.717) is 12.5 Å². The Labute approximate surface area is 145 Å². The van der Waals surface area contributed by atoms with Crippen molar-refractivity contribution in [3.8, 4) is 5.88 Å². The monoisotopic (exact) mass is 355 g/mol. The molecule has 0 amide bonds. The van der Waals surface area contributed by atoms with E-state index in [1.807, 2.05) is 0 Å². The molecule has 1 fully saturated rings. The molecule has 2 atom stereocenters. The summed E-state index contributed by atoms with van der Waals surface area (Å²) in [5.74, 6) is 0.570. The van der Waals surface area contributed by atoms with Crippen LogP contribution in [-0.2, 0) is 26.4 Å². The van der Waals surface area contributed by atoms with Crippen LogP contribution in [0, 0.1) is 0 Å². The Balaban J connectivity index is 2.54. The second kappa shape index (κ2) is 7.49. The van der Waals surface area contributed by atoms with Crippen molar-refractivity contribution in [2.45, 2.75) is 51.3 Å². The molecule has 6 nitrogen and oxygen atoms in total. The van der Waals surface area contributed by atoms with Gasteiger partial charge in [-0.05, 0) is 18.1 Å². The molecule has 1 aliphatic heterocycles. The lowest BCUT2D eigenvalue weighted by molar-refractivity contribution is -0.0400. The van der Waals surface area contributed by atoms with E-state index in [9.17, 15) is 5.11 Å². The van der Waals surface area contributed by atoms with E-state index in [1.54, 1.807) is 14.2 Å². The summed E-state index contributed by atoms with van der Waals surface area (Å²) in [5, 5.41) is 10.6. The van der Waals surface area contributed by atoms with E-state index in [1.165, 1.54) is 0 Å². The van der Waals surface area contributed by atoms with Crippen LogP contribution in [0.25, 0.3) is 0 Å². The lowest BCUT2D eigenvalue weighted by Crippen LogP contribution is -2.41. The predicted octanol–water partition coefficient (Wildman–Crippen LogP) is 1.75. The van der Waals surface area contributed by atoms with Gasteiger partial charge in [-0.3, -0.25) is 0 Å². The van der Waals surface area contributed by atoms with Crippen LogP contribution >= 0.6 is 0 Å². The minimum Gasteiger partial charge on any atom is -0.481 e. The highest BCUT2D eigenvalue weighted by atomic mass is 28.3. The van der Waals surface area contributed by atoms with Crippen LogP contribution in [0.15, 0.2) is 6.07 Å². The zero-order chi connectivity index (χ0) is 18.0. The number of nitrogens with zero attached hydrogens (tertiary/aromatic N) is 1. The summed E-state index contributed by atoms with van der Waals surface area (Å²) in [7, 11) is 1.56. The molecule has 2 rings (SSSR count). The Bertz CT molecular complexity index is 575. The first-order valence-electron chi connectivity index (χ1n) is 8.28. The molecule has 24 heavy (non-hydrogen) atoms. The summed E-state index contributed by atoms with van der Waals surface area (Å²) in [6.45, 7) is 9.33. The van der Waals surface area contributed by atoms with Crippen molar-refractivity contribution in [3.63, 3.8) is 0 Å². The van der Waals surface area contributed by atoms with Crippen molar-refractivity contribution in [3.05, 3.63) is 17.2 Å².